The van der Waals surface area contributed by atoms with Crippen LogP contribution in [0.2, 0.25) is 0 Å². The Morgan fingerprint density at radius 2 is 1.78 bits per heavy atom. The number of hydrogen-bond acceptors (Lipinski definition) is 2. The molecule has 3 aromatic rings. The van der Waals surface area contributed by atoms with Gasteiger partial charge in [-0.25, -0.2) is 13.8 Å². The molecule has 0 bridgehead atoms. The van der Waals surface area contributed by atoms with Crippen LogP contribution in [0.3, 0.4) is 0 Å². The predicted octanol–water partition coefficient (Wildman–Crippen LogP) is 5.00. The second-order valence-electron chi connectivity index (χ2n) is 7.18. The number of amides is 1. The molecule has 0 atom stereocenters. The first-order chi connectivity index (χ1) is 12.9. The van der Waals surface area contributed by atoms with Crippen LogP contribution in [0.4, 0.5) is 14.5 Å². The predicted molar refractivity (Wildman–Crippen MR) is 102 cm³/mol. The Balaban J connectivity index is 1.47. The van der Waals surface area contributed by atoms with Gasteiger partial charge in [0.25, 0.3) is 0 Å². The highest BCUT2D eigenvalue weighted by atomic mass is 19.3. The lowest BCUT2D eigenvalue weighted by molar-refractivity contribution is -0.124. The molecule has 27 heavy (non-hydrogen) atoms. The first kappa shape index (κ1) is 17.6. The average Bonchev–Trinajstić information content (AvgIpc) is 2.99. The number of imidazole rings is 1. The van der Waals surface area contributed by atoms with E-state index in [1.165, 1.54) is 0 Å². The lowest BCUT2D eigenvalue weighted by Crippen LogP contribution is -2.31. The second kappa shape index (κ2) is 6.76. The summed E-state index contributed by atoms with van der Waals surface area (Å²) in [6.07, 6.45) is 0.0427. The Bertz CT molecular complexity index is 969. The Hall–Kier alpha value is -2.76. The summed E-state index contributed by atoms with van der Waals surface area (Å²) < 4.78 is 28.5. The van der Waals surface area contributed by atoms with Crippen molar-refractivity contribution in [2.24, 2.45) is 13.0 Å². The quantitative estimate of drug-likeness (QED) is 0.706. The van der Waals surface area contributed by atoms with Crippen LogP contribution in [0.25, 0.3) is 22.4 Å². The van der Waals surface area contributed by atoms with E-state index in [0.29, 0.717) is 5.69 Å². The molecule has 1 fully saturated rings. The van der Waals surface area contributed by atoms with Gasteiger partial charge < -0.3 is 9.88 Å². The summed E-state index contributed by atoms with van der Waals surface area (Å²) >= 11 is 0. The monoisotopic (exact) mass is 369 g/mol. The third-order valence-corrected chi connectivity index (χ3v) is 5.29. The van der Waals surface area contributed by atoms with Crippen molar-refractivity contribution in [1.82, 2.24) is 9.55 Å². The number of benzene rings is 2. The van der Waals surface area contributed by atoms with Gasteiger partial charge in [0.1, 0.15) is 5.82 Å². The van der Waals surface area contributed by atoms with Crippen LogP contribution < -0.4 is 5.32 Å². The number of carbonyl (C=O) groups is 1. The molecule has 1 aliphatic carbocycles. The number of aromatic nitrogens is 2. The molecule has 0 unspecified atom stereocenters. The number of hydrogen-bond donors (Lipinski definition) is 1. The maximum Gasteiger partial charge on any atom is 0.248 e. The molecule has 2 aromatic carbocycles. The number of halogens is 2. The Kier molecular flexibility index (Phi) is 4.42. The van der Waals surface area contributed by atoms with Gasteiger partial charge in [-0.1, -0.05) is 12.1 Å². The highest BCUT2D eigenvalue weighted by Crippen LogP contribution is 2.36. The first-order valence-electron chi connectivity index (χ1n) is 9.13. The summed E-state index contributed by atoms with van der Waals surface area (Å²) in [6.45, 7) is 0. The molecule has 1 aromatic heterocycles. The van der Waals surface area contributed by atoms with Gasteiger partial charge in [-0.05, 0) is 49.2 Å². The summed E-state index contributed by atoms with van der Waals surface area (Å²) in [7, 11) is 1.97. The zero-order valence-corrected chi connectivity index (χ0v) is 15.1. The Labute approximate surface area is 156 Å². The van der Waals surface area contributed by atoms with Crippen LogP contribution in [-0.4, -0.2) is 21.4 Å². The van der Waals surface area contributed by atoms with Crippen LogP contribution in [-0.2, 0) is 11.8 Å². The van der Waals surface area contributed by atoms with Crippen molar-refractivity contribution >= 4 is 22.6 Å². The molecule has 4 nitrogen and oxygen atoms in total. The van der Waals surface area contributed by atoms with Crippen molar-refractivity contribution in [3.05, 3.63) is 48.5 Å². The lowest BCUT2D eigenvalue weighted by Gasteiger charge is -2.27. The molecule has 0 radical (unpaired) electrons. The molecule has 0 spiro atoms. The number of aryl methyl sites for hydroxylation is 1. The lowest BCUT2D eigenvalue weighted by atomic mass is 9.86. The minimum Gasteiger partial charge on any atom is -0.327 e. The molecule has 1 amide bonds. The molecule has 140 valence electrons. The summed E-state index contributed by atoms with van der Waals surface area (Å²) in [5, 5.41) is 2.85. The van der Waals surface area contributed by atoms with E-state index in [2.05, 4.69) is 10.3 Å². The zero-order chi connectivity index (χ0) is 19.0. The van der Waals surface area contributed by atoms with Crippen LogP contribution in [0, 0.1) is 5.92 Å². The molecular formula is C21H21F2N3O. The van der Waals surface area contributed by atoms with Crippen molar-refractivity contribution < 1.29 is 13.6 Å². The van der Waals surface area contributed by atoms with E-state index in [1.807, 2.05) is 60.1 Å². The van der Waals surface area contributed by atoms with Gasteiger partial charge in [0, 0.05) is 37.1 Å². The number of alkyl halides is 2. The van der Waals surface area contributed by atoms with Gasteiger partial charge in [0.2, 0.25) is 11.8 Å². The van der Waals surface area contributed by atoms with Gasteiger partial charge in [0.05, 0.1) is 11.0 Å². The summed E-state index contributed by atoms with van der Waals surface area (Å²) in [6, 6.07) is 15.4. The van der Waals surface area contributed by atoms with Gasteiger partial charge in [0.15, 0.2) is 0 Å². The van der Waals surface area contributed by atoms with Gasteiger partial charge in [-0.2, -0.15) is 0 Å². The normalized spacial score (nSPS) is 17.1. The molecule has 6 heteroatoms. The maximum atomic E-state index is 13.2. The molecule has 0 aliphatic heterocycles. The fourth-order valence-corrected chi connectivity index (χ4v) is 3.65. The Morgan fingerprint density at radius 3 is 2.44 bits per heavy atom. The van der Waals surface area contributed by atoms with E-state index in [-0.39, 0.29) is 37.5 Å². The molecule has 1 heterocycles. The average molecular weight is 369 g/mol. The number of anilines is 1. The second-order valence-corrected chi connectivity index (χ2v) is 7.18. The van der Waals surface area contributed by atoms with Gasteiger partial charge in [-0.15, -0.1) is 0 Å². The summed E-state index contributed by atoms with van der Waals surface area (Å²) in [5.41, 5.74) is 3.60. The third-order valence-electron chi connectivity index (χ3n) is 5.29. The van der Waals surface area contributed by atoms with E-state index in [9.17, 15) is 13.6 Å². The fraction of sp³-hybridized carbons (Fsp3) is 0.333. The summed E-state index contributed by atoms with van der Waals surface area (Å²) in [5.74, 6) is -2.29. The minimum atomic E-state index is -2.62. The van der Waals surface area contributed by atoms with Crippen molar-refractivity contribution in [2.75, 3.05) is 5.32 Å². The molecule has 0 saturated heterocycles. The summed E-state index contributed by atoms with van der Waals surface area (Å²) in [4.78, 5) is 17.0. The molecule has 1 aliphatic rings. The standard InChI is InChI=1S/C21H21F2N3O/c1-26-18-5-3-2-4-17(18)25-19(26)14-6-8-16(9-7-14)24-20(27)15-10-12-21(22,23)13-11-15/h2-9,15H,10-13H2,1H3,(H,24,27). The fourth-order valence-electron chi connectivity index (χ4n) is 3.65. The van der Waals surface area contributed by atoms with Crippen LogP contribution in [0.5, 0.6) is 0 Å². The van der Waals surface area contributed by atoms with Gasteiger partial charge in [-0.3, -0.25) is 4.79 Å². The van der Waals surface area contributed by atoms with E-state index >= 15 is 0 Å². The highest BCUT2D eigenvalue weighted by Gasteiger charge is 2.37. The Morgan fingerprint density at radius 1 is 1.11 bits per heavy atom. The number of carbonyl (C=O) groups excluding carboxylic acids is 1. The highest BCUT2D eigenvalue weighted by molar-refractivity contribution is 5.93. The van der Waals surface area contributed by atoms with E-state index in [4.69, 9.17) is 0 Å². The smallest absolute Gasteiger partial charge is 0.248 e. The van der Waals surface area contributed by atoms with Crippen LogP contribution in [0.1, 0.15) is 25.7 Å². The van der Waals surface area contributed by atoms with Gasteiger partial charge >= 0.3 is 0 Å². The van der Waals surface area contributed by atoms with Crippen molar-refractivity contribution in [3.8, 4) is 11.4 Å². The number of fused-ring (bicyclic) bond motifs is 1. The first-order valence-corrected chi connectivity index (χ1v) is 9.13. The number of nitrogens with one attached hydrogen (secondary N) is 1. The van der Waals surface area contributed by atoms with Crippen molar-refractivity contribution in [1.29, 1.82) is 0 Å². The van der Waals surface area contributed by atoms with Crippen molar-refractivity contribution in [3.63, 3.8) is 0 Å². The van der Waals surface area contributed by atoms with Crippen LogP contribution >= 0.6 is 0 Å². The van der Waals surface area contributed by atoms with E-state index in [0.717, 1.165) is 22.4 Å². The molecule has 4 rings (SSSR count). The topological polar surface area (TPSA) is 46.9 Å². The maximum absolute atomic E-state index is 13.2. The largest absolute Gasteiger partial charge is 0.327 e. The van der Waals surface area contributed by atoms with Crippen molar-refractivity contribution in [2.45, 2.75) is 31.6 Å². The molecule has 1 N–H and O–H groups in total. The number of rotatable bonds is 3. The molecule has 1 saturated carbocycles. The van der Waals surface area contributed by atoms with Crippen LogP contribution in [0.15, 0.2) is 48.5 Å². The van der Waals surface area contributed by atoms with E-state index in [1.54, 1.807) is 0 Å². The number of nitrogens with zero attached hydrogens (tertiary/aromatic N) is 2. The third kappa shape index (κ3) is 3.56. The minimum absolute atomic E-state index is 0.180. The SMILES string of the molecule is Cn1c(-c2ccc(NC(=O)C3CCC(F)(F)CC3)cc2)nc2ccccc21. The zero-order valence-electron chi connectivity index (χ0n) is 15.1. The molecular weight excluding hydrogens is 348 g/mol. The number of para-hydroxylation sites is 2. The van der Waals surface area contributed by atoms with E-state index < -0.39 is 5.92 Å².